The lowest BCUT2D eigenvalue weighted by molar-refractivity contribution is 0.619. The van der Waals surface area contributed by atoms with Gasteiger partial charge in [0.1, 0.15) is 0 Å². The highest BCUT2D eigenvalue weighted by Crippen LogP contribution is 2.57. The summed E-state index contributed by atoms with van der Waals surface area (Å²) in [6, 6.07) is 0. The van der Waals surface area contributed by atoms with Gasteiger partial charge in [-0.3, -0.25) is 0 Å². The van der Waals surface area contributed by atoms with Crippen molar-refractivity contribution in [1.29, 1.82) is 0 Å². The minimum Gasteiger partial charge on any atom is -0.183 e. The van der Waals surface area contributed by atoms with Crippen LogP contribution in [-0.4, -0.2) is 17.3 Å². The summed E-state index contributed by atoms with van der Waals surface area (Å²) >= 11 is 4.32. The van der Waals surface area contributed by atoms with Crippen LogP contribution in [0.15, 0.2) is 0 Å². The largest absolute Gasteiger partial charge is 0.183 e. The van der Waals surface area contributed by atoms with Crippen LogP contribution in [0, 0.1) is 0 Å². The van der Waals surface area contributed by atoms with Crippen molar-refractivity contribution in [3.63, 3.8) is 0 Å². The zero-order valence-electron chi connectivity index (χ0n) is 18.6. The molecule has 0 fully saturated rings. The third-order valence-corrected chi connectivity index (χ3v) is 11.6. The molecule has 0 unspecified atom stereocenters. The topological polar surface area (TPSA) is 0 Å². The summed E-state index contributed by atoms with van der Waals surface area (Å²) in [5.41, 5.74) is 0. The summed E-state index contributed by atoms with van der Waals surface area (Å²) in [5.74, 6) is 4.47. The van der Waals surface area contributed by atoms with Crippen LogP contribution < -0.4 is 0 Å². The highest BCUT2D eigenvalue weighted by Gasteiger charge is 2.19. The van der Waals surface area contributed by atoms with Crippen molar-refractivity contribution >= 4 is 23.3 Å². The normalized spacial score (nSPS) is 12.6. The van der Waals surface area contributed by atoms with Gasteiger partial charge in [0.15, 0.2) is 0 Å². The van der Waals surface area contributed by atoms with Gasteiger partial charge >= 0.3 is 0 Å². The first-order valence-corrected chi connectivity index (χ1v) is 16.1. The van der Waals surface area contributed by atoms with Gasteiger partial charge in [-0.05, 0) is 51.3 Å². The summed E-state index contributed by atoms with van der Waals surface area (Å²) in [6.45, 7) is 6.94. The van der Waals surface area contributed by atoms with Gasteiger partial charge in [-0.2, -0.15) is 8.46 Å². The maximum Gasteiger partial charge on any atom is -0.0136 e. The first-order chi connectivity index (χ1) is 12.7. The fourth-order valence-electron chi connectivity index (χ4n) is 3.73. The standard InChI is InChI=1S/C24H51BrS/c1-4-7-10-13-16-19-22-26(25,23-20-17-14-11-8-5-2)24-21-18-15-12-9-6-3/h4-24H2,1-3H3. The van der Waals surface area contributed by atoms with E-state index in [0.29, 0.717) is 0 Å². The monoisotopic (exact) mass is 450 g/mol. The average Bonchev–Trinajstić information content (AvgIpc) is 2.64. The Bertz CT molecular complexity index is 226. The fourth-order valence-corrected chi connectivity index (χ4v) is 8.57. The Morgan fingerprint density at radius 1 is 0.385 bits per heavy atom. The summed E-state index contributed by atoms with van der Waals surface area (Å²) < 4.78 is 0. The van der Waals surface area contributed by atoms with Crippen molar-refractivity contribution in [3.05, 3.63) is 0 Å². The number of unbranched alkanes of at least 4 members (excludes halogenated alkanes) is 15. The van der Waals surface area contributed by atoms with Crippen molar-refractivity contribution in [2.24, 2.45) is 0 Å². The molecule has 0 heterocycles. The molecule has 0 aromatic rings. The molecule has 0 atom stereocenters. The van der Waals surface area contributed by atoms with Crippen LogP contribution in [0.2, 0.25) is 0 Å². The van der Waals surface area contributed by atoms with Crippen LogP contribution in [0.5, 0.6) is 0 Å². The Hall–Kier alpha value is 0.830. The van der Waals surface area contributed by atoms with Crippen molar-refractivity contribution in [2.45, 2.75) is 136 Å². The lowest BCUT2D eigenvalue weighted by Gasteiger charge is -2.34. The van der Waals surface area contributed by atoms with Crippen molar-refractivity contribution in [2.75, 3.05) is 17.3 Å². The van der Waals surface area contributed by atoms with E-state index >= 15 is 0 Å². The molecule has 0 bridgehead atoms. The molecule has 0 N–H and O–H groups in total. The van der Waals surface area contributed by atoms with Crippen molar-refractivity contribution in [1.82, 2.24) is 0 Å². The van der Waals surface area contributed by atoms with Gasteiger partial charge in [0.2, 0.25) is 0 Å². The van der Waals surface area contributed by atoms with Crippen LogP contribution in [0.1, 0.15) is 136 Å². The molecule has 0 rings (SSSR count). The lowest BCUT2D eigenvalue weighted by atomic mass is 10.1. The molecule has 0 amide bonds. The SMILES string of the molecule is CCCCCCCCS(Br)(CCCCCCCC)CCCCCCCC. The number of hydrogen-bond donors (Lipinski definition) is 0. The lowest BCUT2D eigenvalue weighted by Crippen LogP contribution is -2.08. The van der Waals surface area contributed by atoms with Crippen LogP contribution in [-0.2, 0) is 0 Å². The average molecular weight is 452 g/mol. The molecule has 0 nitrogen and oxygen atoms in total. The van der Waals surface area contributed by atoms with Gasteiger partial charge in [-0.1, -0.05) is 117 Å². The molecule has 0 aliphatic rings. The minimum absolute atomic E-state index is 0.505. The Kier molecular flexibility index (Phi) is 21.2. The van der Waals surface area contributed by atoms with Crippen molar-refractivity contribution < 1.29 is 0 Å². The van der Waals surface area contributed by atoms with Crippen LogP contribution >= 0.6 is 23.3 Å². The van der Waals surface area contributed by atoms with Gasteiger partial charge in [-0.15, -0.1) is 0 Å². The van der Waals surface area contributed by atoms with Crippen LogP contribution in [0.25, 0.3) is 0 Å². The smallest absolute Gasteiger partial charge is 0.0136 e. The van der Waals surface area contributed by atoms with Gasteiger partial charge in [0, 0.05) is 0 Å². The first-order valence-electron chi connectivity index (χ1n) is 12.1. The second-order valence-corrected chi connectivity index (χ2v) is 15.6. The summed E-state index contributed by atoms with van der Waals surface area (Å²) in [6.07, 6.45) is 25.9. The predicted molar refractivity (Wildman–Crippen MR) is 131 cm³/mol. The molecule has 160 valence electrons. The van der Waals surface area contributed by atoms with E-state index in [9.17, 15) is 0 Å². The van der Waals surface area contributed by atoms with E-state index in [4.69, 9.17) is 0 Å². The maximum absolute atomic E-state index is 4.32. The van der Waals surface area contributed by atoms with Gasteiger partial charge < -0.3 is 0 Å². The molecule has 0 aromatic carbocycles. The van der Waals surface area contributed by atoms with E-state index in [1.807, 2.05) is 0 Å². The molecule has 0 aliphatic carbocycles. The van der Waals surface area contributed by atoms with E-state index < -0.39 is 8.46 Å². The van der Waals surface area contributed by atoms with Crippen molar-refractivity contribution in [3.8, 4) is 0 Å². The molecule has 0 aliphatic heterocycles. The summed E-state index contributed by atoms with van der Waals surface area (Å²) in [4.78, 5) is 0. The third kappa shape index (κ3) is 18.2. The molecule has 0 saturated heterocycles. The molecular weight excluding hydrogens is 400 g/mol. The van der Waals surface area contributed by atoms with Gasteiger partial charge in [-0.25, -0.2) is 0 Å². The first kappa shape index (κ1) is 26.8. The maximum atomic E-state index is 4.32. The number of halogens is 1. The fraction of sp³-hybridized carbons (Fsp3) is 1.00. The second kappa shape index (κ2) is 20.6. The Balaban J connectivity index is 4.02. The van der Waals surface area contributed by atoms with Gasteiger partial charge in [0.25, 0.3) is 0 Å². The minimum atomic E-state index is -0.505. The van der Waals surface area contributed by atoms with E-state index in [-0.39, 0.29) is 0 Å². The number of rotatable bonds is 21. The van der Waals surface area contributed by atoms with Crippen LogP contribution in [0.3, 0.4) is 0 Å². The highest BCUT2D eigenvalue weighted by molar-refractivity contribution is 9.58. The Morgan fingerprint density at radius 2 is 0.615 bits per heavy atom. The quantitative estimate of drug-likeness (QED) is 0.152. The Morgan fingerprint density at radius 3 is 0.885 bits per heavy atom. The molecule has 26 heavy (non-hydrogen) atoms. The van der Waals surface area contributed by atoms with E-state index in [2.05, 4.69) is 35.6 Å². The third-order valence-electron chi connectivity index (χ3n) is 5.59. The highest BCUT2D eigenvalue weighted by atomic mass is 79.9. The van der Waals surface area contributed by atoms with E-state index in [0.717, 1.165) is 0 Å². The summed E-state index contributed by atoms with van der Waals surface area (Å²) in [7, 11) is -0.505. The Labute approximate surface area is 176 Å². The van der Waals surface area contributed by atoms with E-state index in [1.54, 1.807) is 0 Å². The molecule has 0 saturated carbocycles. The summed E-state index contributed by atoms with van der Waals surface area (Å²) in [5, 5.41) is 0. The zero-order valence-corrected chi connectivity index (χ0v) is 21.0. The zero-order chi connectivity index (χ0) is 19.3. The predicted octanol–water partition coefficient (Wildman–Crippen LogP) is 10.2. The number of hydrogen-bond acceptors (Lipinski definition) is 0. The molecule has 0 spiro atoms. The second-order valence-electron chi connectivity index (χ2n) is 8.36. The van der Waals surface area contributed by atoms with Crippen LogP contribution in [0.4, 0.5) is 0 Å². The molecular formula is C24H51BrS. The molecule has 0 aromatic heterocycles. The molecule has 2 heteroatoms. The van der Waals surface area contributed by atoms with E-state index in [1.165, 1.54) is 133 Å². The molecule has 0 radical (unpaired) electrons. The van der Waals surface area contributed by atoms with Gasteiger partial charge in [0.05, 0.1) is 0 Å².